The van der Waals surface area contributed by atoms with Gasteiger partial charge < -0.3 is 9.84 Å². The van der Waals surface area contributed by atoms with Crippen molar-refractivity contribution >= 4 is 6.29 Å². The molecule has 0 fully saturated rings. The molecule has 0 radical (unpaired) electrons. The van der Waals surface area contributed by atoms with Crippen LogP contribution >= 0.6 is 0 Å². The molecule has 0 amide bonds. The van der Waals surface area contributed by atoms with Crippen molar-refractivity contribution in [3.63, 3.8) is 0 Å². The Bertz CT molecular complexity index is 685. The molecule has 1 atom stereocenters. The molecule has 0 bridgehead atoms. The first-order valence-electron chi connectivity index (χ1n) is 7.78. The summed E-state index contributed by atoms with van der Waals surface area (Å²) in [5.74, 6) is 0.564. The number of carbonyl (C=O) groups is 1. The van der Waals surface area contributed by atoms with E-state index < -0.39 is 0 Å². The van der Waals surface area contributed by atoms with E-state index in [0.717, 1.165) is 34.2 Å². The molecule has 0 saturated carbocycles. The lowest BCUT2D eigenvalue weighted by Gasteiger charge is -2.15. The van der Waals surface area contributed by atoms with Gasteiger partial charge in [0.05, 0.1) is 12.7 Å². The maximum absolute atomic E-state index is 11.2. The van der Waals surface area contributed by atoms with Gasteiger partial charge in [0.1, 0.15) is 6.29 Å². The summed E-state index contributed by atoms with van der Waals surface area (Å²) in [5.41, 5.74) is 5.62. The molecule has 0 unspecified atom stereocenters. The fourth-order valence-electron chi connectivity index (χ4n) is 2.66. The fraction of sp³-hybridized carbons (Fsp3) is 0.368. The van der Waals surface area contributed by atoms with E-state index in [-0.39, 0.29) is 6.10 Å². The molecule has 2 aromatic rings. The Morgan fingerprint density at radius 3 is 2.65 bits per heavy atom. The predicted molar refractivity (Wildman–Crippen MR) is 91.1 cm³/mol. The molecule has 122 valence electrons. The number of hydrogen-bond donors (Lipinski definition) is 1. The van der Waals surface area contributed by atoms with Crippen LogP contribution in [0.25, 0.3) is 11.1 Å². The third-order valence-corrected chi connectivity index (χ3v) is 3.93. The van der Waals surface area contributed by atoms with E-state index in [1.54, 1.807) is 6.92 Å². The van der Waals surface area contributed by atoms with Gasteiger partial charge in [0.2, 0.25) is 5.88 Å². The number of ether oxygens (including phenoxy) is 1. The largest absolute Gasteiger partial charge is 0.478 e. The van der Waals surface area contributed by atoms with E-state index in [0.29, 0.717) is 24.5 Å². The fourth-order valence-corrected chi connectivity index (χ4v) is 2.66. The average molecular weight is 313 g/mol. The highest BCUT2D eigenvalue weighted by molar-refractivity contribution is 5.84. The zero-order valence-corrected chi connectivity index (χ0v) is 14.1. The van der Waals surface area contributed by atoms with E-state index in [1.165, 1.54) is 0 Å². The second-order valence-corrected chi connectivity index (χ2v) is 5.86. The number of aliphatic hydroxyl groups excluding tert-OH is 1. The van der Waals surface area contributed by atoms with Gasteiger partial charge in [0, 0.05) is 29.3 Å². The van der Waals surface area contributed by atoms with Gasteiger partial charge in [0.15, 0.2) is 0 Å². The highest BCUT2D eigenvalue weighted by atomic mass is 16.5. The summed E-state index contributed by atoms with van der Waals surface area (Å²) in [5, 5.41) is 9.28. The summed E-state index contributed by atoms with van der Waals surface area (Å²) in [7, 11) is 0. The van der Waals surface area contributed by atoms with Crippen LogP contribution in [0.2, 0.25) is 0 Å². The van der Waals surface area contributed by atoms with Crippen LogP contribution in [0.4, 0.5) is 0 Å². The highest BCUT2D eigenvalue weighted by Crippen LogP contribution is 2.32. The van der Waals surface area contributed by atoms with E-state index in [9.17, 15) is 9.90 Å². The maximum atomic E-state index is 11.2. The lowest BCUT2D eigenvalue weighted by molar-refractivity contribution is 0.112. The smallest absolute Gasteiger partial charge is 0.213 e. The van der Waals surface area contributed by atoms with Crippen LogP contribution in [0.1, 0.15) is 40.5 Å². The van der Waals surface area contributed by atoms with Crippen LogP contribution in [0, 0.1) is 20.8 Å². The molecule has 0 spiro atoms. The molecule has 1 aromatic heterocycles. The van der Waals surface area contributed by atoms with Gasteiger partial charge in [-0.25, -0.2) is 4.98 Å². The van der Waals surface area contributed by atoms with Gasteiger partial charge in [-0.15, -0.1) is 0 Å². The van der Waals surface area contributed by atoms with Crippen LogP contribution in [-0.4, -0.2) is 29.1 Å². The molecule has 4 heteroatoms. The van der Waals surface area contributed by atoms with E-state index in [1.807, 2.05) is 45.0 Å². The lowest BCUT2D eigenvalue weighted by Crippen LogP contribution is -2.09. The first-order chi connectivity index (χ1) is 10.9. The van der Waals surface area contributed by atoms with Gasteiger partial charge in [-0.3, -0.25) is 4.79 Å². The number of rotatable bonds is 6. The van der Waals surface area contributed by atoms with Crippen LogP contribution in [0.5, 0.6) is 5.88 Å². The number of nitrogens with zero attached hydrogens (tertiary/aromatic N) is 1. The van der Waals surface area contributed by atoms with Gasteiger partial charge in [0.25, 0.3) is 0 Å². The van der Waals surface area contributed by atoms with Crippen molar-refractivity contribution in [1.29, 1.82) is 0 Å². The second kappa shape index (κ2) is 7.38. The molecule has 0 aliphatic carbocycles. The summed E-state index contributed by atoms with van der Waals surface area (Å²) in [6.45, 7) is 8.07. The van der Waals surface area contributed by atoms with Crippen LogP contribution < -0.4 is 4.74 Å². The minimum atomic E-state index is -0.384. The Morgan fingerprint density at radius 1 is 1.30 bits per heavy atom. The summed E-state index contributed by atoms with van der Waals surface area (Å²) in [4.78, 5) is 15.7. The molecule has 23 heavy (non-hydrogen) atoms. The summed E-state index contributed by atoms with van der Waals surface area (Å²) in [6, 6.07) is 7.61. The number of aromatic nitrogens is 1. The van der Waals surface area contributed by atoms with Gasteiger partial charge in [-0.1, -0.05) is 18.2 Å². The number of aryl methyl sites for hydroxylation is 2. The minimum Gasteiger partial charge on any atom is -0.478 e. The first kappa shape index (κ1) is 17.2. The quantitative estimate of drug-likeness (QED) is 0.827. The van der Waals surface area contributed by atoms with Gasteiger partial charge >= 0.3 is 0 Å². The number of benzene rings is 1. The maximum Gasteiger partial charge on any atom is 0.213 e. The van der Waals surface area contributed by atoms with Crippen LogP contribution in [0.15, 0.2) is 24.3 Å². The molecule has 1 N–H and O–H groups in total. The summed E-state index contributed by atoms with van der Waals surface area (Å²) >= 11 is 0. The zero-order valence-electron chi connectivity index (χ0n) is 14.1. The van der Waals surface area contributed by atoms with E-state index >= 15 is 0 Å². The first-order valence-corrected chi connectivity index (χ1v) is 7.78. The number of aldehydes is 1. The van der Waals surface area contributed by atoms with Crippen molar-refractivity contribution in [3.8, 4) is 17.0 Å². The van der Waals surface area contributed by atoms with Crippen molar-refractivity contribution in [1.82, 2.24) is 4.98 Å². The minimum absolute atomic E-state index is 0.384. The topological polar surface area (TPSA) is 59.4 Å². The lowest BCUT2D eigenvalue weighted by atomic mass is 9.93. The Kier molecular flexibility index (Phi) is 5.50. The highest BCUT2D eigenvalue weighted by Gasteiger charge is 2.13. The Hall–Kier alpha value is -2.20. The standard InChI is InChI=1S/C19H23NO3/c1-12-10-18(23-9-8-13(2)22)20-15(4)19(12)17-7-5-6-16(11-21)14(17)3/h5-7,10-11,13,22H,8-9H2,1-4H3/t13-/m1/s1. The number of pyridine rings is 1. The van der Waals surface area contributed by atoms with E-state index in [4.69, 9.17) is 4.74 Å². The Balaban J connectivity index is 2.36. The molecular weight excluding hydrogens is 290 g/mol. The molecule has 0 saturated heterocycles. The number of aliphatic hydroxyl groups is 1. The monoisotopic (exact) mass is 313 g/mol. The van der Waals surface area contributed by atoms with Crippen LogP contribution in [0.3, 0.4) is 0 Å². The van der Waals surface area contributed by atoms with Gasteiger partial charge in [-0.2, -0.15) is 0 Å². The van der Waals surface area contributed by atoms with E-state index in [2.05, 4.69) is 4.98 Å². The third-order valence-electron chi connectivity index (χ3n) is 3.93. The molecule has 4 nitrogen and oxygen atoms in total. The third kappa shape index (κ3) is 3.96. The number of carbonyl (C=O) groups excluding carboxylic acids is 1. The molecule has 1 heterocycles. The summed E-state index contributed by atoms with van der Waals surface area (Å²) < 4.78 is 5.62. The van der Waals surface area contributed by atoms with Crippen molar-refractivity contribution in [2.75, 3.05) is 6.61 Å². The Morgan fingerprint density at radius 2 is 2.04 bits per heavy atom. The molecule has 2 rings (SSSR count). The number of hydrogen-bond acceptors (Lipinski definition) is 4. The molecule has 0 aliphatic rings. The molecule has 0 aliphatic heterocycles. The predicted octanol–water partition coefficient (Wildman–Crippen LogP) is 3.64. The second-order valence-electron chi connectivity index (χ2n) is 5.86. The Labute approximate surface area is 137 Å². The van der Waals surface area contributed by atoms with Crippen molar-refractivity contribution in [2.24, 2.45) is 0 Å². The SMILES string of the molecule is Cc1cc(OCC[C@@H](C)O)nc(C)c1-c1cccc(C=O)c1C. The van der Waals surface area contributed by atoms with Crippen LogP contribution in [-0.2, 0) is 0 Å². The molecular formula is C19H23NO3. The zero-order chi connectivity index (χ0) is 17.0. The molecule has 1 aromatic carbocycles. The van der Waals surface area contributed by atoms with Gasteiger partial charge in [-0.05, 0) is 44.4 Å². The van der Waals surface area contributed by atoms with Crippen molar-refractivity contribution < 1.29 is 14.6 Å². The summed E-state index contributed by atoms with van der Waals surface area (Å²) in [6.07, 6.45) is 1.07. The van der Waals surface area contributed by atoms with Crippen molar-refractivity contribution in [2.45, 2.75) is 40.2 Å². The average Bonchev–Trinajstić information content (AvgIpc) is 2.48. The normalized spacial score (nSPS) is 12.0. The van der Waals surface area contributed by atoms with Crippen molar-refractivity contribution in [3.05, 3.63) is 46.6 Å².